The Bertz CT molecular complexity index is 701. The molecule has 0 spiro atoms. The van der Waals surface area contributed by atoms with Crippen molar-refractivity contribution in [2.45, 2.75) is 56.4 Å². The molecule has 1 aliphatic heterocycles. The Hall–Kier alpha value is -1.40. The zero-order chi connectivity index (χ0) is 18.0. The zero-order valence-electron chi connectivity index (χ0n) is 15.1. The number of amides is 1. The van der Waals surface area contributed by atoms with Crippen LogP contribution in [0.15, 0.2) is 29.2 Å². The zero-order valence-corrected chi connectivity index (χ0v) is 16.0. The highest BCUT2D eigenvalue weighted by molar-refractivity contribution is 7.89. The second-order valence-corrected chi connectivity index (χ2v) is 9.40. The molecule has 1 saturated heterocycles. The van der Waals surface area contributed by atoms with Crippen LogP contribution in [0.2, 0.25) is 0 Å². The van der Waals surface area contributed by atoms with Crippen LogP contribution in [0.1, 0.15) is 55.8 Å². The van der Waals surface area contributed by atoms with Crippen molar-refractivity contribution in [3.8, 4) is 0 Å². The third-order valence-electron chi connectivity index (χ3n) is 5.67. The molecule has 1 heterocycles. The minimum absolute atomic E-state index is 0.0253. The Morgan fingerprint density at radius 1 is 1.04 bits per heavy atom. The first kappa shape index (κ1) is 18.4. The molecular weight excluding hydrogens is 336 g/mol. The predicted octanol–water partition coefficient (Wildman–Crippen LogP) is 3.12. The van der Waals surface area contributed by atoms with Gasteiger partial charge in [-0.25, -0.2) is 8.42 Å². The summed E-state index contributed by atoms with van der Waals surface area (Å²) in [6, 6.07) is 6.75. The summed E-state index contributed by atoms with van der Waals surface area (Å²) < 4.78 is 27.1. The van der Waals surface area contributed by atoms with E-state index in [9.17, 15) is 13.2 Å². The maximum atomic E-state index is 12.7. The Balaban J connectivity index is 1.72. The molecule has 2 fully saturated rings. The van der Waals surface area contributed by atoms with Crippen LogP contribution < -0.4 is 0 Å². The van der Waals surface area contributed by atoms with Crippen LogP contribution in [0, 0.1) is 5.92 Å². The van der Waals surface area contributed by atoms with Gasteiger partial charge in [-0.3, -0.25) is 4.79 Å². The number of sulfonamides is 1. The van der Waals surface area contributed by atoms with E-state index in [1.165, 1.54) is 12.8 Å². The highest BCUT2D eigenvalue weighted by Gasteiger charge is 2.29. The number of hydrogen-bond acceptors (Lipinski definition) is 3. The molecule has 138 valence electrons. The third kappa shape index (κ3) is 3.90. The Kier molecular flexibility index (Phi) is 5.49. The third-order valence-corrected chi connectivity index (χ3v) is 7.59. The molecule has 0 aromatic heterocycles. The largest absolute Gasteiger partial charge is 0.339 e. The van der Waals surface area contributed by atoms with E-state index in [4.69, 9.17) is 0 Å². The fourth-order valence-corrected chi connectivity index (χ4v) is 5.27. The van der Waals surface area contributed by atoms with E-state index in [1.54, 1.807) is 28.6 Å². The first-order chi connectivity index (χ1) is 11.9. The molecule has 2 aliphatic rings. The summed E-state index contributed by atoms with van der Waals surface area (Å²) in [5, 5.41) is 0. The smallest absolute Gasteiger partial charge is 0.253 e. The van der Waals surface area contributed by atoms with Crippen molar-refractivity contribution in [3.63, 3.8) is 0 Å². The van der Waals surface area contributed by atoms with Crippen LogP contribution in [-0.4, -0.2) is 49.7 Å². The van der Waals surface area contributed by atoms with Gasteiger partial charge < -0.3 is 4.90 Å². The number of benzene rings is 1. The molecule has 25 heavy (non-hydrogen) atoms. The topological polar surface area (TPSA) is 57.7 Å². The number of rotatable bonds is 4. The molecular formula is C19H28N2O3S. The number of piperidine rings is 1. The van der Waals surface area contributed by atoms with Crippen molar-refractivity contribution >= 4 is 15.9 Å². The Morgan fingerprint density at radius 2 is 1.60 bits per heavy atom. The Labute approximate surface area is 151 Å². The molecule has 5 nitrogen and oxygen atoms in total. The fourth-order valence-electron chi connectivity index (χ4n) is 3.80. The molecule has 0 bridgehead atoms. The molecule has 0 unspecified atom stereocenters. The monoisotopic (exact) mass is 364 g/mol. The van der Waals surface area contributed by atoms with Crippen LogP contribution in [0.3, 0.4) is 0 Å². The van der Waals surface area contributed by atoms with Crippen molar-refractivity contribution in [2.75, 3.05) is 20.1 Å². The summed E-state index contributed by atoms with van der Waals surface area (Å²) >= 11 is 0. The molecule has 0 N–H and O–H groups in total. The van der Waals surface area contributed by atoms with Crippen LogP contribution in [-0.2, 0) is 10.0 Å². The molecule has 1 saturated carbocycles. The minimum atomic E-state index is -3.46. The lowest BCUT2D eigenvalue weighted by atomic mass is 10.0. The average Bonchev–Trinajstić information content (AvgIpc) is 3.15. The molecule has 0 radical (unpaired) electrons. The fraction of sp³-hybridized carbons (Fsp3) is 0.632. The van der Waals surface area contributed by atoms with Gasteiger partial charge in [0, 0.05) is 31.7 Å². The minimum Gasteiger partial charge on any atom is -0.339 e. The van der Waals surface area contributed by atoms with Crippen molar-refractivity contribution in [1.82, 2.24) is 9.21 Å². The average molecular weight is 365 g/mol. The Morgan fingerprint density at radius 3 is 2.16 bits per heavy atom. The lowest BCUT2D eigenvalue weighted by Crippen LogP contribution is -2.38. The van der Waals surface area contributed by atoms with Crippen LogP contribution in [0.25, 0.3) is 0 Å². The summed E-state index contributed by atoms with van der Waals surface area (Å²) in [4.78, 5) is 14.7. The van der Waals surface area contributed by atoms with Gasteiger partial charge in [0.15, 0.2) is 0 Å². The van der Waals surface area contributed by atoms with E-state index < -0.39 is 10.0 Å². The number of nitrogens with zero attached hydrogens (tertiary/aromatic N) is 2. The summed E-state index contributed by atoms with van der Waals surface area (Å²) in [6.45, 7) is 3.31. The van der Waals surface area contributed by atoms with Gasteiger partial charge >= 0.3 is 0 Å². The van der Waals surface area contributed by atoms with Gasteiger partial charge in [-0.2, -0.15) is 4.31 Å². The van der Waals surface area contributed by atoms with E-state index in [0.717, 1.165) is 25.7 Å². The molecule has 1 aromatic carbocycles. The second-order valence-electron chi connectivity index (χ2n) is 7.47. The molecule has 1 aromatic rings. The van der Waals surface area contributed by atoms with Crippen molar-refractivity contribution in [3.05, 3.63) is 29.8 Å². The first-order valence-corrected chi connectivity index (χ1v) is 10.7. The molecule has 3 rings (SSSR count). The van der Waals surface area contributed by atoms with E-state index >= 15 is 0 Å². The molecule has 6 heteroatoms. The quantitative estimate of drug-likeness (QED) is 0.825. The van der Waals surface area contributed by atoms with Crippen LogP contribution in [0.5, 0.6) is 0 Å². The lowest BCUT2D eigenvalue weighted by molar-refractivity contribution is 0.0735. The van der Waals surface area contributed by atoms with E-state index in [0.29, 0.717) is 30.6 Å². The molecule has 1 aliphatic carbocycles. The lowest BCUT2D eigenvalue weighted by Gasteiger charge is -2.29. The summed E-state index contributed by atoms with van der Waals surface area (Å²) in [6.07, 6.45) is 6.27. The van der Waals surface area contributed by atoms with Gasteiger partial charge in [-0.05, 0) is 55.9 Å². The van der Waals surface area contributed by atoms with Gasteiger partial charge in [0.25, 0.3) is 5.91 Å². The van der Waals surface area contributed by atoms with Crippen molar-refractivity contribution < 1.29 is 13.2 Å². The maximum absolute atomic E-state index is 12.7. The SMILES string of the molecule is CC1CCN(S(=O)(=O)c2ccc(C(=O)N(C)C3CCCC3)cc2)CC1. The predicted molar refractivity (Wildman–Crippen MR) is 97.9 cm³/mol. The van der Waals surface area contributed by atoms with Crippen molar-refractivity contribution in [2.24, 2.45) is 5.92 Å². The second kappa shape index (κ2) is 7.46. The van der Waals surface area contributed by atoms with Crippen molar-refractivity contribution in [1.29, 1.82) is 0 Å². The van der Waals surface area contributed by atoms with Crippen LogP contribution in [0.4, 0.5) is 0 Å². The van der Waals surface area contributed by atoms with Gasteiger partial charge in [-0.1, -0.05) is 19.8 Å². The van der Waals surface area contributed by atoms with E-state index in [1.807, 2.05) is 11.9 Å². The van der Waals surface area contributed by atoms with E-state index in [-0.39, 0.29) is 10.8 Å². The standard InChI is InChI=1S/C19H28N2O3S/c1-15-11-13-21(14-12-15)25(23,24)18-9-7-16(8-10-18)19(22)20(2)17-5-3-4-6-17/h7-10,15,17H,3-6,11-14H2,1-2H3. The van der Waals surface area contributed by atoms with Gasteiger partial charge in [-0.15, -0.1) is 0 Å². The summed E-state index contributed by atoms with van der Waals surface area (Å²) in [5.74, 6) is 0.556. The summed E-state index contributed by atoms with van der Waals surface area (Å²) in [7, 11) is -1.61. The number of carbonyl (C=O) groups is 1. The van der Waals surface area contributed by atoms with E-state index in [2.05, 4.69) is 6.92 Å². The molecule has 1 amide bonds. The number of hydrogen-bond donors (Lipinski definition) is 0. The summed E-state index contributed by atoms with van der Waals surface area (Å²) in [5.41, 5.74) is 0.556. The first-order valence-electron chi connectivity index (χ1n) is 9.27. The van der Waals surface area contributed by atoms with Gasteiger partial charge in [0.1, 0.15) is 0 Å². The van der Waals surface area contributed by atoms with Crippen LogP contribution >= 0.6 is 0 Å². The van der Waals surface area contributed by atoms with Gasteiger partial charge in [0.05, 0.1) is 4.90 Å². The molecule has 0 atom stereocenters. The maximum Gasteiger partial charge on any atom is 0.253 e. The highest BCUT2D eigenvalue weighted by Crippen LogP contribution is 2.26. The van der Waals surface area contributed by atoms with Gasteiger partial charge in [0.2, 0.25) is 10.0 Å². The number of carbonyl (C=O) groups excluding carboxylic acids is 1. The normalized spacial score (nSPS) is 20.7. The highest BCUT2D eigenvalue weighted by atomic mass is 32.2.